The van der Waals surface area contributed by atoms with Gasteiger partial charge in [0.15, 0.2) is 11.6 Å². The van der Waals surface area contributed by atoms with Crippen LogP contribution in [0.15, 0.2) is 18.2 Å². The zero-order chi connectivity index (χ0) is 12.3. The summed E-state index contributed by atoms with van der Waals surface area (Å²) < 4.78 is 40.1. The molecule has 0 heterocycles. The van der Waals surface area contributed by atoms with Crippen molar-refractivity contribution in [2.24, 2.45) is 5.73 Å². The van der Waals surface area contributed by atoms with E-state index in [1.165, 1.54) is 19.2 Å². The third kappa shape index (κ3) is 3.46. The predicted molar refractivity (Wildman–Crippen MR) is 59.6 cm³/mol. The molecule has 1 rings (SSSR count). The highest BCUT2D eigenvalue weighted by Gasteiger charge is 2.14. The van der Waals surface area contributed by atoms with Crippen LogP contribution in [0.1, 0.15) is 11.6 Å². The van der Waals surface area contributed by atoms with Crippen molar-refractivity contribution in [3.63, 3.8) is 0 Å². The molecule has 0 aliphatic heterocycles. The highest BCUT2D eigenvalue weighted by atomic mass is 32.2. The first-order valence-electron chi connectivity index (χ1n) is 4.60. The maximum absolute atomic E-state index is 13.3. The molecule has 0 spiro atoms. The summed E-state index contributed by atoms with van der Waals surface area (Å²) >= 11 is 0. The molecule has 2 N–H and O–H groups in total. The maximum atomic E-state index is 13.3. The Morgan fingerprint density at radius 3 is 2.56 bits per heavy atom. The van der Waals surface area contributed by atoms with E-state index >= 15 is 0 Å². The summed E-state index contributed by atoms with van der Waals surface area (Å²) in [6.45, 7) is 0. The van der Waals surface area contributed by atoms with Crippen molar-refractivity contribution >= 4 is 9.84 Å². The standard InChI is InChI=1S/C10H14FNO3S/c1-15-10-4-3-7(5-8(10)11)9(12)6-16(2,13)14/h3-5,9H,6,12H2,1-2H3. The van der Waals surface area contributed by atoms with Gasteiger partial charge in [0.05, 0.1) is 12.9 Å². The Morgan fingerprint density at radius 2 is 2.12 bits per heavy atom. The SMILES string of the molecule is COc1ccc(C(N)CS(C)(=O)=O)cc1F. The number of ether oxygens (including phenoxy) is 1. The van der Waals surface area contributed by atoms with Crippen LogP contribution in [-0.2, 0) is 9.84 Å². The summed E-state index contributed by atoms with van der Waals surface area (Å²) in [5, 5.41) is 0. The van der Waals surface area contributed by atoms with Crippen LogP contribution < -0.4 is 10.5 Å². The number of sulfone groups is 1. The molecule has 90 valence electrons. The summed E-state index contributed by atoms with van der Waals surface area (Å²) in [7, 11) is -1.82. The third-order valence-electron chi connectivity index (χ3n) is 2.09. The topological polar surface area (TPSA) is 69.4 Å². The van der Waals surface area contributed by atoms with E-state index in [-0.39, 0.29) is 11.5 Å². The van der Waals surface area contributed by atoms with Gasteiger partial charge in [-0.25, -0.2) is 12.8 Å². The highest BCUT2D eigenvalue weighted by molar-refractivity contribution is 7.90. The molecule has 1 unspecified atom stereocenters. The fourth-order valence-electron chi connectivity index (χ4n) is 1.34. The Bertz CT molecular complexity index is 473. The van der Waals surface area contributed by atoms with E-state index in [1.807, 2.05) is 0 Å². The Morgan fingerprint density at radius 1 is 1.50 bits per heavy atom. The second-order valence-electron chi connectivity index (χ2n) is 3.59. The molecule has 6 heteroatoms. The van der Waals surface area contributed by atoms with E-state index < -0.39 is 21.7 Å². The first kappa shape index (κ1) is 12.9. The highest BCUT2D eigenvalue weighted by Crippen LogP contribution is 2.21. The molecule has 1 aromatic carbocycles. The van der Waals surface area contributed by atoms with Gasteiger partial charge in [-0.05, 0) is 17.7 Å². The second kappa shape index (κ2) is 4.80. The molecule has 0 saturated carbocycles. The Kier molecular flexibility index (Phi) is 3.88. The van der Waals surface area contributed by atoms with Gasteiger partial charge in [0, 0.05) is 12.3 Å². The normalized spacial score (nSPS) is 13.5. The van der Waals surface area contributed by atoms with Crippen molar-refractivity contribution < 1.29 is 17.5 Å². The average Bonchev–Trinajstić information content (AvgIpc) is 2.15. The number of hydrogen-bond donors (Lipinski definition) is 1. The summed E-state index contributed by atoms with van der Waals surface area (Å²) in [5.74, 6) is -0.655. The monoisotopic (exact) mass is 247 g/mol. The van der Waals surface area contributed by atoms with Crippen LogP contribution in [0.4, 0.5) is 4.39 Å². The lowest BCUT2D eigenvalue weighted by Crippen LogP contribution is -2.20. The second-order valence-corrected chi connectivity index (χ2v) is 5.78. The zero-order valence-corrected chi connectivity index (χ0v) is 9.92. The molecule has 0 aliphatic rings. The van der Waals surface area contributed by atoms with Crippen molar-refractivity contribution in [3.05, 3.63) is 29.6 Å². The number of nitrogens with two attached hydrogens (primary N) is 1. The molecule has 4 nitrogen and oxygen atoms in total. The van der Waals surface area contributed by atoms with Gasteiger partial charge in [0.2, 0.25) is 0 Å². The quantitative estimate of drug-likeness (QED) is 0.857. The van der Waals surface area contributed by atoms with Gasteiger partial charge in [0.1, 0.15) is 9.84 Å². The van der Waals surface area contributed by atoms with Crippen molar-refractivity contribution in [1.29, 1.82) is 0 Å². The van der Waals surface area contributed by atoms with Crippen LogP contribution in [0.2, 0.25) is 0 Å². The van der Waals surface area contributed by atoms with Gasteiger partial charge >= 0.3 is 0 Å². The van der Waals surface area contributed by atoms with Crippen LogP contribution in [-0.4, -0.2) is 27.5 Å². The minimum absolute atomic E-state index is 0.107. The van der Waals surface area contributed by atoms with Gasteiger partial charge in [-0.1, -0.05) is 6.07 Å². The van der Waals surface area contributed by atoms with Crippen LogP contribution in [0, 0.1) is 5.82 Å². The lowest BCUT2D eigenvalue weighted by molar-refractivity contribution is 0.386. The summed E-state index contributed by atoms with van der Waals surface area (Å²) in [4.78, 5) is 0. The van der Waals surface area contributed by atoms with Crippen LogP contribution in [0.25, 0.3) is 0 Å². The van der Waals surface area contributed by atoms with Gasteiger partial charge in [-0.15, -0.1) is 0 Å². The fourth-order valence-corrected chi connectivity index (χ4v) is 2.18. The molecule has 0 amide bonds. The van der Waals surface area contributed by atoms with Crippen molar-refractivity contribution in [3.8, 4) is 5.75 Å². The summed E-state index contributed by atoms with van der Waals surface area (Å²) in [6.07, 6.45) is 1.09. The lowest BCUT2D eigenvalue weighted by atomic mass is 10.1. The van der Waals surface area contributed by atoms with E-state index in [0.717, 1.165) is 6.26 Å². The minimum atomic E-state index is -3.18. The van der Waals surface area contributed by atoms with E-state index in [0.29, 0.717) is 5.56 Å². The Labute approximate surface area is 94.1 Å². The number of hydrogen-bond acceptors (Lipinski definition) is 4. The molecule has 0 saturated heterocycles. The number of halogens is 1. The van der Waals surface area contributed by atoms with Crippen molar-refractivity contribution in [2.75, 3.05) is 19.1 Å². The molecule has 0 aliphatic carbocycles. The smallest absolute Gasteiger partial charge is 0.165 e. The van der Waals surface area contributed by atoms with E-state index in [1.54, 1.807) is 6.07 Å². The molecule has 16 heavy (non-hydrogen) atoms. The number of benzene rings is 1. The maximum Gasteiger partial charge on any atom is 0.165 e. The Balaban J connectivity index is 2.93. The lowest BCUT2D eigenvalue weighted by Gasteiger charge is -2.11. The zero-order valence-electron chi connectivity index (χ0n) is 9.10. The van der Waals surface area contributed by atoms with Gasteiger partial charge < -0.3 is 10.5 Å². The van der Waals surface area contributed by atoms with Crippen molar-refractivity contribution in [1.82, 2.24) is 0 Å². The van der Waals surface area contributed by atoms with Crippen molar-refractivity contribution in [2.45, 2.75) is 6.04 Å². The molecular weight excluding hydrogens is 233 g/mol. The van der Waals surface area contributed by atoms with Gasteiger partial charge in [0.25, 0.3) is 0 Å². The first-order chi connectivity index (χ1) is 7.33. The molecule has 1 atom stereocenters. The van der Waals surface area contributed by atoms with Crippen LogP contribution >= 0.6 is 0 Å². The summed E-state index contributed by atoms with van der Waals surface area (Å²) in [6, 6.07) is 3.44. The number of methoxy groups -OCH3 is 1. The minimum Gasteiger partial charge on any atom is -0.494 e. The summed E-state index contributed by atoms with van der Waals surface area (Å²) in [5.41, 5.74) is 6.09. The van der Waals surface area contributed by atoms with E-state index in [9.17, 15) is 12.8 Å². The molecule has 0 radical (unpaired) electrons. The fraction of sp³-hybridized carbons (Fsp3) is 0.400. The Hall–Kier alpha value is -1.14. The van der Waals surface area contributed by atoms with Gasteiger partial charge in [-0.3, -0.25) is 0 Å². The molecule has 0 fully saturated rings. The number of rotatable bonds is 4. The first-order valence-corrected chi connectivity index (χ1v) is 6.66. The molecule has 0 bridgehead atoms. The van der Waals surface area contributed by atoms with E-state index in [2.05, 4.69) is 0 Å². The van der Waals surface area contributed by atoms with E-state index in [4.69, 9.17) is 10.5 Å². The van der Waals surface area contributed by atoms with Gasteiger partial charge in [-0.2, -0.15) is 0 Å². The third-order valence-corrected chi connectivity index (χ3v) is 3.05. The average molecular weight is 247 g/mol. The van der Waals surface area contributed by atoms with Crippen LogP contribution in [0.3, 0.4) is 0 Å². The molecule has 0 aromatic heterocycles. The van der Waals surface area contributed by atoms with Crippen LogP contribution in [0.5, 0.6) is 5.75 Å². The molecule has 1 aromatic rings. The largest absolute Gasteiger partial charge is 0.494 e. The predicted octanol–water partition coefficient (Wildman–Crippen LogP) is 0.879. The molecular formula is C10H14FNO3S.